The third kappa shape index (κ3) is 2.53. The quantitative estimate of drug-likeness (QED) is 0.876. The normalized spacial score (nSPS) is 17.4. The predicted molar refractivity (Wildman–Crippen MR) is 78.5 cm³/mol. The van der Waals surface area contributed by atoms with Crippen LogP contribution < -0.4 is 5.32 Å². The summed E-state index contributed by atoms with van der Waals surface area (Å²) in [6.07, 6.45) is 5.27. The topological polar surface area (TPSA) is 37.8 Å². The summed E-state index contributed by atoms with van der Waals surface area (Å²) < 4.78 is 0. The first-order valence-corrected chi connectivity index (χ1v) is 8.17. The Morgan fingerprint density at radius 3 is 3.00 bits per heavy atom. The Morgan fingerprint density at radius 1 is 1.39 bits per heavy atom. The number of hydrogen-bond acceptors (Lipinski definition) is 5. The maximum atomic E-state index is 4.49. The number of aryl methyl sites for hydroxylation is 1. The number of rotatable bonds is 3. The molecule has 1 N–H and O–H groups in total. The van der Waals surface area contributed by atoms with Crippen molar-refractivity contribution in [3.05, 3.63) is 17.3 Å². The molecule has 1 saturated heterocycles. The lowest BCUT2D eigenvalue weighted by Gasteiger charge is -2.21. The van der Waals surface area contributed by atoms with Gasteiger partial charge in [-0.1, -0.05) is 6.92 Å². The Morgan fingerprint density at radius 2 is 2.22 bits per heavy atom. The molecule has 3 rings (SSSR count). The van der Waals surface area contributed by atoms with Gasteiger partial charge in [0.1, 0.15) is 16.2 Å². The molecule has 2 aromatic rings. The average Bonchev–Trinajstić information content (AvgIpc) is 2.84. The van der Waals surface area contributed by atoms with Crippen LogP contribution in [0.5, 0.6) is 0 Å². The van der Waals surface area contributed by atoms with Crippen molar-refractivity contribution in [3.63, 3.8) is 0 Å². The van der Waals surface area contributed by atoms with E-state index in [2.05, 4.69) is 28.3 Å². The minimum atomic E-state index is 0.703. The van der Waals surface area contributed by atoms with Gasteiger partial charge in [0.2, 0.25) is 0 Å². The van der Waals surface area contributed by atoms with Crippen LogP contribution in [0.2, 0.25) is 0 Å². The summed E-state index contributed by atoms with van der Waals surface area (Å²) in [6.45, 7) is 4.46. The molecule has 3 heterocycles. The molecule has 5 heteroatoms. The van der Waals surface area contributed by atoms with Crippen molar-refractivity contribution >= 4 is 33.3 Å². The molecule has 3 nitrogen and oxygen atoms in total. The van der Waals surface area contributed by atoms with E-state index >= 15 is 0 Å². The minimum absolute atomic E-state index is 0.703. The second-order valence-electron chi connectivity index (χ2n) is 4.53. The molecule has 1 aliphatic heterocycles. The number of thioether (sulfide) groups is 1. The number of fused-ring (bicyclic) bond motifs is 1. The molecule has 0 atom stereocenters. The highest BCUT2D eigenvalue weighted by molar-refractivity contribution is 8.00. The third-order valence-electron chi connectivity index (χ3n) is 3.26. The highest BCUT2D eigenvalue weighted by Crippen LogP contribution is 2.35. The summed E-state index contributed by atoms with van der Waals surface area (Å²) >= 11 is 3.73. The molecule has 0 spiro atoms. The molecule has 96 valence electrons. The van der Waals surface area contributed by atoms with Crippen molar-refractivity contribution in [2.45, 2.75) is 36.5 Å². The summed E-state index contributed by atoms with van der Waals surface area (Å²) in [5.41, 5.74) is 0. The molecule has 0 aromatic carbocycles. The van der Waals surface area contributed by atoms with E-state index in [0.29, 0.717) is 5.25 Å². The molecule has 1 aliphatic rings. The Bertz CT molecular complexity index is 532. The summed E-state index contributed by atoms with van der Waals surface area (Å²) in [7, 11) is 0. The molecule has 18 heavy (non-hydrogen) atoms. The van der Waals surface area contributed by atoms with Crippen LogP contribution in [0.15, 0.2) is 17.4 Å². The zero-order valence-electron chi connectivity index (χ0n) is 10.5. The highest BCUT2D eigenvalue weighted by Gasteiger charge is 2.17. The van der Waals surface area contributed by atoms with Gasteiger partial charge in [-0.05, 0) is 38.4 Å². The lowest BCUT2D eigenvalue weighted by Crippen LogP contribution is -2.29. The number of piperidine rings is 1. The Hall–Kier alpha value is -0.650. The third-order valence-corrected chi connectivity index (χ3v) is 5.80. The molecular formula is C13H17N3S2. The van der Waals surface area contributed by atoms with Crippen LogP contribution in [-0.4, -0.2) is 28.3 Å². The van der Waals surface area contributed by atoms with E-state index in [0.717, 1.165) is 24.3 Å². The predicted octanol–water partition coefficient (Wildman–Crippen LogP) is 3.10. The first kappa shape index (κ1) is 12.4. The fourth-order valence-electron chi connectivity index (χ4n) is 2.22. The molecule has 1 fully saturated rings. The fraction of sp³-hybridized carbons (Fsp3) is 0.538. The van der Waals surface area contributed by atoms with Crippen molar-refractivity contribution in [2.75, 3.05) is 13.1 Å². The van der Waals surface area contributed by atoms with Crippen LogP contribution in [0.3, 0.4) is 0 Å². The van der Waals surface area contributed by atoms with Gasteiger partial charge in [0, 0.05) is 15.5 Å². The number of aromatic nitrogens is 2. The van der Waals surface area contributed by atoms with Gasteiger partial charge in [-0.3, -0.25) is 0 Å². The Balaban J connectivity index is 1.88. The Labute approximate surface area is 115 Å². The van der Waals surface area contributed by atoms with Crippen molar-refractivity contribution in [3.8, 4) is 0 Å². The number of nitrogens with one attached hydrogen (secondary N) is 1. The van der Waals surface area contributed by atoms with E-state index in [9.17, 15) is 0 Å². The smallest absolute Gasteiger partial charge is 0.128 e. The van der Waals surface area contributed by atoms with Gasteiger partial charge in [0.25, 0.3) is 0 Å². The maximum Gasteiger partial charge on any atom is 0.128 e. The fourth-order valence-corrected chi connectivity index (χ4v) is 4.40. The van der Waals surface area contributed by atoms with E-state index in [-0.39, 0.29) is 0 Å². The van der Waals surface area contributed by atoms with Crippen molar-refractivity contribution in [1.29, 1.82) is 0 Å². The summed E-state index contributed by atoms with van der Waals surface area (Å²) in [5.74, 6) is 0. The van der Waals surface area contributed by atoms with Crippen LogP contribution in [0.25, 0.3) is 10.2 Å². The molecular weight excluding hydrogens is 262 g/mol. The molecule has 0 bridgehead atoms. The number of thiophene rings is 1. The first-order chi connectivity index (χ1) is 8.86. The van der Waals surface area contributed by atoms with Gasteiger partial charge >= 0.3 is 0 Å². The van der Waals surface area contributed by atoms with Crippen LogP contribution in [0.4, 0.5) is 0 Å². The van der Waals surface area contributed by atoms with Gasteiger partial charge in [-0.2, -0.15) is 0 Å². The lowest BCUT2D eigenvalue weighted by atomic mass is 10.2. The molecule has 0 unspecified atom stereocenters. The van der Waals surface area contributed by atoms with E-state index < -0.39 is 0 Å². The maximum absolute atomic E-state index is 4.49. The zero-order chi connectivity index (χ0) is 12.4. The highest BCUT2D eigenvalue weighted by atomic mass is 32.2. The van der Waals surface area contributed by atoms with Gasteiger partial charge in [0.15, 0.2) is 0 Å². The largest absolute Gasteiger partial charge is 0.317 e. The number of nitrogens with zero attached hydrogens (tertiary/aromatic N) is 2. The second-order valence-corrected chi connectivity index (χ2v) is 6.94. The molecule has 0 radical (unpaired) electrons. The minimum Gasteiger partial charge on any atom is -0.317 e. The SMILES string of the molecule is CCc1cc2c(SC3CCNCC3)ncnc2s1. The van der Waals surface area contributed by atoms with E-state index in [1.165, 1.54) is 28.1 Å². The number of hydrogen-bond donors (Lipinski definition) is 1. The molecule has 0 aliphatic carbocycles. The molecule has 2 aromatic heterocycles. The van der Waals surface area contributed by atoms with Gasteiger partial charge in [-0.25, -0.2) is 9.97 Å². The standard InChI is InChI=1S/C13H17N3S2/c1-2-9-7-11-12(17-9)15-8-16-13(11)18-10-3-5-14-6-4-10/h7-8,10,14H,2-6H2,1H3. The van der Waals surface area contributed by atoms with Crippen molar-refractivity contribution < 1.29 is 0 Å². The van der Waals surface area contributed by atoms with Gasteiger partial charge in [-0.15, -0.1) is 23.1 Å². The Kier molecular flexibility index (Phi) is 3.82. The average molecular weight is 279 g/mol. The summed E-state index contributed by atoms with van der Waals surface area (Å²) in [6, 6.07) is 2.27. The lowest BCUT2D eigenvalue weighted by molar-refractivity contribution is 0.531. The summed E-state index contributed by atoms with van der Waals surface area (Å²) in [5, 5.41) is 6.53. The molecule has 0 saturated carbocycles. The van der Waals surface area contributed by atoms with E-state index in [1.54, 1.807) is 17.7 Å². The molecule has 0 amide bonds. The van der Waals surface area contributed by atoms with E-state index in [1.807, 2.05) is 11.8 Å². The second kappa shape index (κ2) is 5.55. The summed E-state index contributed by atoms with van der Waals surface area (Å²) in [4.78, 5) is 11.4. The zero-order valence-corrected chi connectivity index (χ0v) is 12.1. The van der Waals surface area contributed by atoms with E-state index in [4.69, 9.17) is 0 Å². The van der Waals surface area contributed by atoms with Gasteiger partial charge in [0.05, 0.1) is 0 Å². The van der Waals surface area contributed by atoms with Gasteiger partial charge < -0.3 is 5.32 Å². The van der Waals surface area contributed by atoms with Crippen molar-refractivity contribution in [1.82, 2.24) is 15.3 Å². The monoisotopic (exact) mass is 279 g/mol. The van der Waals surface area contributed by atoms with Crippen molar-refractivity contribution in [2.24, 2.45) is 0 Å². The van der Waals surface area contributed by atoms with Crippen LogP contribution in [-0.2, 0) is 6.42 Å². The van der Waals surface area contributed by atoms with Crippen LogP contribution in [0, 0.1) is 0 Å². The van der Waals surface area contributed by atoms with Crippen LogP contribution in [0.1, 0.15) is 24.6 Å². The first-order valence-electron chi connectivity index (χ1n) is 6.47. The van der Waals surface area contributed by atoms with Crippen LogP contribution >= 0.6 is 23.1 Å².